The highest BCUT2D eigenvalue weighted by Crippen LogP contribution is 2.18. The topological polar surface area (TPSA) is 76.2 Å². The van der Waals surface area contributed by atoms with Gasteiger partial charge in [-0.1, -0.05) is 47.6 Å². The number of benzene rings is 2. The van der Waals surface area contributed by atoms with Crippen LogP contribution in [0.25, 0.3) is 11.4 Å². The van der Waals surface area contributed by atoms with E-state index in [-0.39, 0.29) is 5.56 Å². The smallest absolute Gasteiger partial charge is 0.335 e. The molecule has 0 saturated heterocycles. The van der Waals surface area contributed by atoms with Gasteiger partial charge < -0.3 is 9.63 Å². The Balaban J connectivity index is 1.80. The Hall–Kier alpha value is -2.95. The van der Waals surface area contributed by atoms with Crippen LogP contribution in [0.3, 0.4) is 0 Å². The Labute approximate surface area is 120 Å². The van der Waals surface area contributed by atoms with E-state index in [0.29, 0.717) is 18.1 Å². The minimum atomic E-state index is -0.959. The molecule has 0 aliphatic carbocycles. The molecule has 0 aliphatic heterocycles. The second-order valence-corrected chi connectivity index (χ2v) is 4.56. The van der Waals surface area contributed by atoms with E-state index in [2.05, 4.69) is 10.1 Å². The van der Waals surface area contributed by atoms with Crippen molar-refractivity contribution in [3.05, 3.63) is 71.6 Å². The molecule has 0 saturated carbocycles. The van der Waals surface area contributed by atoms with Gasteiger partial charge in [0.1, 0.15) is 0 Å². The van der Waals surface area contributed by atoms with E-state index in [1.807, 2.05) is 30.3 Å². The lowest BCUT2D eigenvalue weighted by Crippen LogP contribution is -1.95. The number of aromatic carboxylic acids is 1. The maximum absolute atomic E-state index is 10.8. The fourth-order valence-corrected chi connectivity index (χ4v) is 1.98. The summed E-state index contributed by atoms with van der Waals surface area (Å²) in [5.74, 6) is 0.0239. The van der Waals surface area contributed by atoms with E-state index < -0.39 is 5.97 Å². The van der Waals surface area contributed by atoms with Crippen molar-refractivity contribution in [2.75, 3.05) is 0 Å². The number of rotatable bonds is 4. The summed E-state index contributed by atoms with van der Waals surface area (Å²) in [7, 11) is 0. The second-order valence-electron chi connectivity index (χ2n) is 4.56. The number of carboxylic acid groups (broad SMARTS) is 1. The molecule has 1 heterocycles. The zero-order valence-electron chi connectivity index (χ0n) is 11.1. The first-order valence-electron chi connectivity index (χ1n) is 6.42. The van der Waals surface area contributed by atoms with Crippen LogP contribution in [0, 0.1) is 0 Å². The van der Waals surface area contributed by atoms with E-state index in [0.717, 1.165) is 11.1 Å². The van der Waals surface area contributed by atoms with Crippen molar-refractivity contribution in [2.24, 2.45) is 0 Å². The zero-order chi connectivity index (χ0) is 14.7. The summed E-state index contributed by atoms with van der Waals surface area (Å²) in [4.78, 5) is 15.1. The van der Waals surface area contributed by atoms with Crippen molar-refractivity contribution in [1.29, 1.82) is 0 Å². The maximum atomic E-state index is 10.8. The number of aromatic nitrogens is 2. The fraction of sp³-hybridized carbons (Fsp3) is 0.0625. The van der Waals surface area contributed by atoms with Gasteiger partial charge in [0.05, 0.1) is 12.0 Å². The molecule has 1 N–H and O–H groups in total. The third kappa shape index (κ3) is 2.97. The molecule has 0 unspecified atom stereocenters. The summed E-state index contributed by atoms with van der Waals surface area (Å²) >= 11 is 0. The Morgan fingerprint density at radius 2 is 1.76 bits per heavy atom. The third-order valence-corrected chi connectivity index (χ3v) is 3.06. The molecular weight excluding hydrogens is 268 g/mol. The summed E-state index contributed by atoms with van der Waals surface area (Å²) in [5.41, 5.74) is 2.05. The molecule has 0 bridgehead atoms. The summed E-state index contributed by atoms with van der Waals surface area (Å²) in [5, 5.41) is 12.8. The van der Waals surface area contributed by atoms with Gasteiger partial charge >= 0.3 is 5.97 Å². The van der Waals surface area contributed by atoms with Crippen molar-refractivity contribution in [3.63, 3.8) is 0 Å². The van der Waals surface area contributed by atoms with Crippen LogP contribution < -0.4 is 0 Å². The lowest BCUT2D eigenvalue weighted by Gasteiger charge is -1.96. The molecule has 0 spiro atoms. The molecule has 3 aromatic rings. The summed E-state index contributed by atoms with van der Waals surface area (Å²) < 4.78 is 5.22. The number of hydrogen-bond acceptors (Lipinski definition) is 4. The molecule has 1 aromatic heterocycles. The normalized spacial score (nSPS) is 10.5. The predicted molar refractivity (Wildman–Crippen MR) is 75.9 cm³/mol. The number of nitrogens with zero attached hydrogens (tertiary/aromatic N) is 2. The Morgan fingerprint density at radius 3 is 2.43 bits per heavy atom. The quantitative estimate of drug-likeness (QED) is 0.795. The summed E-state index contributed by atoms with van der Waals surface area (Å²) in [6.45, 7) is 0. The Morgan fingerprint density at radius 1 is 1.05 bits per heavy atom. The first-order chi connectivity index (χ1) is 10.2. The number of carboxylic acids is 1. The van der Waals surface area contributed by atoms with Gasteiger partial charge in [-0.05, 0) is 17.7 Å². The second kappa shape index (κ2) is 5.58. The van der Waals surface area contributed by atoms with Crippen LogP contribution in [0.15, 0.2) is 59.1 Å². The van der Waals surface area contributed by atoms with E-state index >= 15 is 0 Å². The van der Waals surface area contributed by atoms with Gasteiger partial charge in [0.15, 0.2) is 0 Å². The minimum Gasteiger partial charge on any atom is -0.478 e. The van der Waals surface area contributed by atoms with Gasteiger partial charge in [0.2, 0.25) is 11.7 Å². The van der Waals surface area contributed by atoms with Crippen molar-refractivity contribution in [2.45, 2.75) is 6.42 Å². The highest BCUT2D eigenvalue weighted by atomic mass is 16.5. The first-order valence-corrected chi connectivity index (χ1v) is 6.42. The van der Waals surface area contributed by atoms with Crippen LogP contribution in [0.2, 0.25) is 0 Å². The zero-order valence-corrected chi connectivity index (χ0v) is 11.1. The van der Waals surface area contributed by atoms with Crippen molar-refractivity contribution in [1.82, 2.24) is 10.1 Å². The highest BCUT2D eigenvalue weighted by molar-refractivity contribution is 5.88. The average Bonchev–Trinajstić information content (AvgIpc) is 2.97. The third-order valence-electron chi connectivity index (χ3n) is 3.06. The van der Waals surface area contributed by atoms with Crippen molar-refractivity contribution < 1.29 is 14.4 Å². The summed E-state index contributed by atoms with van der Waals surface area (Å²) in [6.07, 6.45) is 0.570. The molecule has 5 heteroatoms. The molecule has 5 nitrogen and oxygen atoms in total. The molecule has 0 atom stereocenters. The van der Waals surface area contributed by atoms with Gasteiger partial charge in [-0.2, -0.15) is 4.98 Å². The molecule has 0 amide bonds. The number of carbonyl (C=O) groups is 1. The van der Waals surface area contributed by atoms with E-state index in [9.17, 15) is 4.79 Å². The predicted octanol–water partition coefficient (Wildman–Crippen LogP) is 3.03. The molecule has 0 aliphatic rings. The van der Waals surface area contributed by atoms with E-state index in [1.165, 1.54) is 12.1 Å². The van der Waals surface area contributed by atoms with Crippen LogP contribution in [-0.2, 0) is 6.42 Å². The first kappa shape index (κ1) is 13.1. The molecule has 2 aromatic carbocycles. The van der Waals surface area contributed by atoms with Gasteiger partial charge in [0.25, 0.3) is 0 Å². The molecular formula is C16H12N2O3. The lowest BCUT2D eigenvalue weighted by molar-refractivity contribution is 0.0697. The highest BCUT2D eigenvalue weighted by Gasteiger charge is 2.10. The van der Waals surface area contributed by atoms with E-state index in [4.69, 9.17) is 9.63 Å². The molecule has 104 valence electrons. The largest absolute Gasteiger partial charge is 0.478 e. The molecule has 0 radical (unpaired) electrons. The average molecular weight is 280 g/mol. The molecule has 21 heavy (non-hydrogen) atoms. The van der Waals surface area contributed by atoms with Crippen LogP contribution in [0.5, 0.6) is 0 Å². The van der Waals surface area contributed by atoms with Gasteiger partial charge in [-0.25, -0.2) is 4.79 Å². The van der Waals surface area contributed by atoms with Crippen LogP contribution in [0.1, 0.15) is 21.8 Å². The van der Waals surface area contributed by atoms with Crippen LogP contribution >= 0.6 is 0 Å². The van der Waals surface area contributed by atoms with Crippen molar-refractivity contribution >= 4 is 5.97 Å². The summed E-state index contributed by atoms with van der Waals surface area (Å²) in [6, 6.07) is 16.2. The van der Waals surface area contributed by atoms with Crippen molar-refractivity contribution in [3.8, 4) is 11.4 Å². The van der Waals surface area contributed by atoms with Gasteiger partial charge in [-0.3, -0.25) is 0 Å². The maximum Gasteiger partial charge on any atom is 0.335 e. The van der Waals surface area contributed by atoms with Crippen LogP contribution in [-0.4, -0.2) is 21.2 Å². The fourth-order valence-electron chi connectivity index (χ4n) is 1.98. The molecule has 0 fully saturated rings. The van der Waals surface area contributed by atoms with E-state index in [1.54, 1.807) is 12.1 Å². The monoisotopic (exact) mass is 280 g/mol. The minimum absolute atomic E-state index is 0.228. The van der Waals surface area contributed by atoms with Crippen LogP contribution in [0.4, 0.5) is 0 Å². The Kier molecular flexibility index (Phi) is 3.47. The Bertz CT molecular complexity index is 749. The SMILES string of the molecule is O=C(O)c1ccc(-c2noc(Cc3ccccc3)n2)cc1. The van der Waals surface area contributed by atoms with Gasteiger partial charge in [0, 0.05) is 5.56 Å². The number of hydrogen-bond donors (Lipinski definition) is 1. The molecule has 3 rings (SSSR count). The standard InChI is InChI=1S/C16H12N2O3/c19-16(20)13-8-6-12(7-9-13)15-17-14(21-18-15)10-11-4-2-1-3-5-11/h1-9H,10H2,(H,19,20). The lowest BCUT2D eigenvalue weighted by atomic mass is 10.1. The van der Waals surface area contributed by atoms with Gasteiger partial charge in [-0.15, -0.1) is 0 Å².